The number of aromatic nitrogens is 1. The summed E-state index contributed by atoms with van der Waals surface area (Å²) in [7, 11) is 0. The standard InChI is InChI=1S/C21H19F2N3O/c22-17-5-1-15(2-6-17)11-12-24-19-9-10-20(25-14-19)26-21(27)13-16-3-7-18(23)8-4-16/h1-10,14,24H,11-13H2,(H,25,26,27). The van der Waals surface area contributed by atoms with Crippen molar-refractivity contribution >= 4 is 17.4 Å². The average Bonchev–Trinajstić information content (AvgIpc) is 2.67. The SMILES string of the molecule is O=C(Cc1ccc(F)cc1)Nc1ccc(NCCc2ccc(F)cc2)cn1. The molecule has 3 aromatic rings. The summed E-state index contributed by atoms with van der Waals surface area (Å²) in [6.45, 7) is 0.684. The highest BCUT2D eigenvalue weighted by molar-refractivity contribution is 5.91. The van der Waals surface area contributed by atoms with E-state index in [1.807, 2.05) is 6.07 Å². The molecule has 138 valence electrons. The monoisotopic (exact) mass is 367 g/mol. The Morgan fingerprint density at radius 2 is 1.48 bits per heavy atom. The molecule has 0 aliphatic carbocycles. The molecule has 6 heteroatoms. The van der Waals surface area contributed by atoms with Crippen LogP contribution in [0.4, 0.5) is 20.3 Å². The van der Waals surface area contributed by atoms with Crippen LogP contribution in [0.3, 0.4) is 0 Å². The lowest BCUT2D eigenvalue weighted by molar-refractivity contribution is -0.115. The number of anilines is 2. The first-order valence-electron chi connectivity index (χ1n) is 8.57. The fourth-order valence-electron chi connectivity index (χ4n) is 2.55. The van der Waals surface area contributed by atoms with E-state index in [-0.39, 0.29) is 24.0 Å². The number of benzene rings is 2. The van der Waals surface area contributed by atoms with Gasteiger partial charge in [-0.15, -0.1) is 0 Å². The van der Waals surface area contributed by atoms with Crippen molar-refractivity contribution in [1.29, 1.82) is 0 Å². The van der Waals surface area contributed by atoms with Gasteiger partial charge in [0.1, 0.15) is 17.5 Å². The topological polar surface area (TPSA) is 54.0 Å². The molecule has 0 saturated carbocycles. The highest BCUT2D eigenvalue weighted by Gasteiger charge is 2.05. The van der Waals surface area contributed by atoms with E-state index in [2.05, 4.69) is 15.6 Å². The molecule has 0 unspecified atom stereocenters. The second-order valence-corrected chi connectivity index (χ2v) is 6.09. The normalized spacial score (nSPS) is 10.4. The number of halogens is 2. The van der Waals surface area contributed by atoms with E-state index in [1.165, 1.54) is 24.3 Å². The van der Waals surface area contributed by atoms with E-state index in [1.54, 1.807) is 36.5 Å². The van der Waals surface area contributed by atoms with Crippen molar-refractivity contribution < 1.29 is 13.6 Å². The zero-order chi connectivity index (χ0) is 19.1. The van der Waals surface area contributed by atoms with Gasteiger partial charge >= 0.3 is 0 Å². The molecule has 27 heavy (non-hydrogen) atoms. The number of nitrogens with zero attached hydrogens (tertiary/aromatic N) is 1. The first-order chi connectivity index (χ1) is 13.1. The number of carbonyl (C=O) groups is 1. The van der Waals surface area contributed by atoms with Crippen LogP contribution in [0.15, 0.2) is 66.9 Å². The molecular formula is C21H19F2N3O. The molecule has 0 bridgehead atoms. The zero-order valence-corrected chi connectivity index (χ0v) is 14.6. The molecule has 0 aliphatic rings. The van der Waals surface area contributed by atoms with Crippen LogP contribution in [0.2, 0.25) is 0 Å². The van der Waals surface area contributed by atoms with E-state index in [0.717, 1.165) is 23.2 Å². The molecule has 1 aromatic heterocycles. The number of rotatable bonds is 7. The van der Waals surface area contributed by atoms with E-state index in [9.17, 15) is 13.6 Å². The smallest absolute Gasteiger partial charge is 0.229 e. The fraction of sp³-hybridized carbons (Fsp3) is 0.143. The Labute approximate surface area is 156 Å². The Morgan fingerprint density at radius 1 is 0.852 bits per heavy atom. The molecule has 3 rings (SSSR count). The van der Waals surface area contributed by atoms with Gasteiger partial charge in [-0.1, -0.05) is 24.3 Å². The molecule has 2 aromatic carbocycles. The summed E-state index contributed by atoms with van der Waals surface area (Å²) in [5.41, 5.74) is 2.60. The third-order valence-electron chi connectivity index (χ3n) is 3.96. The van der Waals surface area contributed by atoms with Gasteiger partial charge in [-0.25, -0.2) is 13.8 Å². The number of amides is 1. The summed E-state index contributed by atoms with van der Waals surface area (Å²) >= 11 is 0. The van der Waals surface area contributed by atoms with Gasteiger partial charge in [0.05, 0.1) is 18.3 Å². The Bertz CT molecular complexity index is 879. The van der Waals surface area contributed by atoms with Crippen molar-refractivity contribution in [3.63, 3.8) is 0 Å². The molecular weight excluding hydrogens is 348 g/mol. The van der Waals surface area contributed by atoms with Crippen molar-refractivity contribution in [2.45, 2.75) is 12.8 Å². The minimum absolute atomic E-state index is 0.152. The van der Waals surface area contributed by atoms with Crippen molar-refractivity contribution in [3.05, 3.63) is 89.6 Å². The van der Waals surface area contributed by atoms with E-state index in [4.69, 9.17) is 0 Å². The molecule has 0 fully saturated rings. The van der Waals surface area contributed by atoms with Gasteiger partial charge in [0.2, 0.25) is 5.91 Å². The molecule has 2 N–H and O–H groups in total. The van der Waals surface area contributed by atoms with Crippen LogP contribution in [0.5, 0.6) is 0 Å². The lowest BCUT2D eigenvalue weighted by Gasteiger charge is -2.08. The lowest BCUT2D eigenvalue weighted by atomic mass is 10.1. The fourth-order valence-corrected chi connectivity index (χ4v) is 2.55. The number of nitrogens with one attached hydrogen (secondary N) is 2. The summed E-state index contributed by atoms with van der Waals surface area (Å²) in [5.74, 6) is -0.339. The van der Waals surface area contributed by atoms with Crippen LogP contribution in [0.25, 0.3) is 0 Å². The molecule has 4 nitrogen and oxygen atoms in total. The van der Waals surface area contributed by atoms with Gasteiger partial charge in [-0.3, -0.25) is 4.79 Å². The minimum atomic E-state index is -0.330. The van der Waals surface area contributed by atoms with Crippen LogP contribution in [0.1, 0.15) is 11.1 Å². The molecule has 0 spiro atoms. The summed E-state index contributed by atoms with van der Waals surface area (Å²) in [4.78, 5) is 16.2. The highest BCUT2D eigenvalue weighted by Crippen LogP contribution is 2.11. The predicted molar refractivity (Wildman–Crippen MR) is 102 cm³/mol. The molecule has 1 heterocycles. The van der Waals surface area contributed by atoms with Crippen LogP contribution < -0.4 is 10.6 Å². The quantitative estimate of drug-likeness (QED) is 0.658. The van der Waals surface area contributed by atoms with Crippen LogP contribution in [-0.4, -0.2) is 17.4 Å². The first-order valence-corrected chi connectivity index (χ1v) is 8.57. The van der Waals surface area contributed by atoms with Gasteiger partial charge in [-0.05, 0) is 53.9 Å². The second kappa shape index (κ2) is 8.89. The Morgan fingerprint density at radius 3 is 2.07 bits per heavy atom. The van der Waals surface area contributed by atoms with E-state index in [0.29, 0.717) is 12.4 Å². The molecule has 0 aliphatic heterocycles. The van der Waals surface area contributed by atoms with Crippen LogP contribution >= 0.6 is 0 Å². The third-order valence-corrected chi connectivity index (χ3v) is 3.96. The maximum absolute atomic E-state index is 12.9. The van der Waals surface area contributed by atoms with Gasteiger partial charge in [0.25, 0.3) is 0 Å². The zero-order valence-electron chi connectivity index (χ0n) is 14.6. The van der Waals surface area contributed by atoms with Crippen molar-refractivity contribution in [2.24, 2.45) is 0 Å². The van der Waals surface area contributed by atoms with Gasteiger partial charge in [0.15, 0.2) is 0 Å². The molecule has 1 amide bonds. The lowest BCUT2D eigenvalue weighted by Crippen LogP contribution is -2.15. The first kappa shape index (κ1) is 18.5. The number of hydrogen-bond donors (Lipinski definition) is 2. The summed E-state index contributed by atoms with van der Waals surface area (Å²) in [6.07, 6.45) is 2.55. The van der Waals surface area contributed by atoms with Crippen molar-refractivity contribution in [3.8, 4) is 0 Å². The molecule has 0 saturated heterocycles. The van der Waals surface area contributed by atoms with E-state index < -0.39 is 0 Å². The Hall–Kier alpha value is -3.28. The average molecular weight is 367 g/mol. The number of carbonyl (C=O) groups excluding carboxylic acids is 1. The van der Waals surface area contributed by atoms with Crippen molar-refractivity contribution in [2.75, 3.05) is 17.2 Å². The number of pyridine rings is 1. The second-order valence-electron chi connectivity index (χ2n) is 6.09. The van der Waals surface area contributed by atoms with E-state index >= 15 is 0 Å². The molecule has 0 radical (unpaired) electrons. The largest absolute Gasteiger partial charge is 0.383 e. The summed E-state index contributed by atoms with van der Waals surface area (Å²) in [5, 5.41) is 5.94. The Kier molecular flexibility index (Phi) is 6.10. The highest BCUT2D eigenvalue weighted by atomic mass is 19.1. The van der Waals surface area contributed by atoms with Gasteiger partial charge < -0.3 is 10.6 Å². The van der Waals surface area contributed by atoms with Gasteiger partial charge in [-0.2, -0.15) is 0 Å². The van der Waals surface area contributed by atoms with Crippen molar-refractivity contribution in [1.82, 2.24) is 4.98 Å². The molecule has 0 atom stereocenters. The maximum atomic E-state index is 12.9. The third kappa shape index (κ3) is 5.88. The maximum Gasteiger partial charge on any atom is 0.229 e. The summed E-state index contributed by atoms with van der Waals surface area (Å²) < 4.78 is 25.7. The Balaban J connectivity index is 1.45. The van der Waals surface area contributed by atoms with Gasteiger partial charge in [0, 0.05) is 6.54 Å². The van der Waals surface area contributed by atoms with Crippen LogP contribution in [0, 0.1) is 11.6 Å². The number of hydrogen-bond acceptors (Lipinski definition) is 3. The van der Waals surface area contributed by atoms with Crippen LogP contribution in [-0.2, 0) is 17.6 Å². The predicted octanol–water partition coefficient (Wildman–Crippen LogP) is 4.20. The minimum Gasteiger partial charge on any atom is -0.383 e. The summed E-state index contributed by atoms with van der Waals surface area (Å²) in [6, 6.07) is 15.8.